The minimum atomic E-state index is -0.0917. The topological polar surface area (TPSA) is 70.6 Å². The molecule has 0 spiro atoms. The largest absolute Gasteiger partial charge is 0.481 e. The maximum Gasteiger partial charge on any atom is 0.317 e. The fraction of sp³-hybridized carbons (Fsp3) is 0.450. The number of rotatable bonds is 5. The van der Waals surface area contributed by atoms with Crippen LogP contribution in [0.25, 0.3) is 0 Å². The van der Waals surface area contributed by atoms with Crippen molar-refractivity contribution in [2.24, 2.45) is 0 Å². The minimum absolute atomic E-state index is 0.0917. The van der Waals surface area contributed by atoms with Gasteiger partial charge in [-0.1, -0.05) is 23.7 Å². The van der Waals surface area contributed by atoms with Crippen molar-refractivity contribution < 1.29 is 9.53 Å². The summed E-state index contributed by atoms with van der Waals surface area (Å²) in [6.07, 6.45) is 3.61. The first-order valence-corrected chi connectivity index (χ1v) is 9.73. The van der Waals surface area contributed by atoms with Crippen LogP contribution in [0, 0.1) is 6.92 Å². The van der Waals surface area contributed by atoms with Crippen LogP contribution in [0.2, 0.25) is 5.02 Å². The number of urea groups is 1. The molecule has 1 saturated heterocycles. The molecule has 0 bridgehead atoms. The van der Waals surface area contributed by atoms with E-state index in [9.17, 15) is 4.79 Å². The Labute approximate surface area is 170 Å². The van der Waals surface area contributed by atoms with Gasteiger partial charge in [0.2, 0.25) is 11.8 Å². The second-order valence-corrected chi connectivity index (χ2v) is 7.40. The average molecular weight is 404 g/mol. The molecule has 1 aliphatic heterocycles. The Morgan fingerprint density at radius 3 is 3.00 bits per heavy atom. The van der Waals surface area contributed by atoms with Crippen LogP contribution in [0.1, 0.15) is 24.0 Å². The molecule has 2 amide bonds. The second kappa shape index (κ2) is 9.10. The number of methoxy groups -OCH3 is 1. The van der Waals surface area contributed by atoms with Crippen LogP contribution < -0.4 is 15.0 Å². The summed E-state index contributed by atoms with van der Waals surface area (Å²) in [4.78, 5) is 25.3. The highest BCUT2D eigenvalue weighted by molar-refractivity contribution is 6.31. The number of carbonyl (C=O) groups excluding carboxylic acids is 1. The molecule has 8 heteroatoms. The van der Waals surface area contributed by atoms with Gasteiger partial charge in [-0.2, -0.15) is 4.98 Å². The fourth-order valence-electron chi connectivity index (χ4n) is 3.34. The number of benzene rings is 1. The van der Waals surface area contributed by atoms with Crippen LogP contribution in [0.15, 0.2) is 30.5 Å². The normalized spacial score (nSPS) is 16.6. The first kappa shape index (κ1) is 20.2. The van der Waals surface area contributed by atoms with Gasteiger partial charge in [-0.05, 0) is 37.0 Å². The van der Waals surface area contributed by atoms with Gasteiger partial charge in [-0.25, -0.2) is 9.78 Å². The molecule has 2 heterocycles. The van der Waals surface area contributed by atoms with Gasteiger partial charge >= 0.3 is 6.03 Å². The number of carbonyl (C=O) groups is 1. The molecule has 3 rings (SSSR count). The van der Waals surface area contributed by atoms with Gasteiger partial charge in [0.05, 0.1) is 13.2 Å². The summed E-state index contributed by atoms with van der Waals surface area (Å²) in [6.45, 7) is 3.98. The summed E-state index contributed by atoms with van der Waals surface area (Å²) < 4.78 is 5.19. The van der Waals surface area contributed by atoms with E-state index in [1.54, 1.807) is 24.3 Å². The molecule has 2 aromatic rings. The number of likely N-dealkylation sites (N-methyl/N-ethyl adjacent to an activating group) is 1. The zero-order valence-corrected chi connectivity index (χ0v) is 17.2. The molecule has 0 aliphatic carbocycles. The Hall–Kier alpha value is -2.54. The zero-order chi connectivity index (χ0) is 20.1. The van der Waals surface area contributed by atoms with Crippen molar-refractivity contribution >= 4 is 23.6 Å². The lowest BCUT2D eigenvalue weighted by Crippen LogP contribution is -2.51. The third-order valence-electron chi connectivity index (χ3n) is 5.04. The van der Waals surface area contributed by atoms with E-state index in [1.165, 1.54) is 0 Å². The van der Waals surface area contributed by atoms with Gasteiger partial charge in [-0.3, -0.25) is 0 Å². The van der Waals surface area contributed by atoms with E-state index < -0.39 is 0 Å². The van der Waals surface area contributed by atoms with E-state index >= 15 is 0 Å². The number of halogens is 1. The number of aryl methyl sites for hydroxylation is 1. The summed E-state index contributed by atoms with van der Waals surface area (Å²) in [5.41, 5.74) is 2.03. The molecule has 1 N–H and O–H groups in total. The molecule has 7 nitrogen and oxygen atoms in total. The fourth-order valence-corrected chi connectivity index (χ4v) is 3.45. The summed E-state index contributed by atoms with van der Waals surface area (Å²) in [5, 5.41) is 3.72. The number of anilines is 1. The van der Waals surface area contributed by atoms with E-state index in [-0.39, 0.29) is 12.1 Å². The van der Waals surface area contributed by atoms with Crippen molar-refractivity contribution in [2.75, 3.05) is 32.1 Å². The van der Waals surface area contributed by atoms with Crippen molar-refractivity contribution in [3.05, 3.63) is 46.6 Å². The molecule has 1 atom stereocenters. The Morgan fingerprint density at radius 2 is 2.25 bits per heavy atom. The van der Waals surface area contributed by atoms with Crippen LogP contribution in [-0.2, 0) is 6.54 Å². The van der Waals surface area contributed by atoms with E-state index in [0.717, 1.165) is 35.5 Å². The maximum atomic E-state index is 12.6. The quantitative estimate of drug-likeness (QED) is 0.829. The molecule has 1 fully saturated rings. The third-order valence-corrected chi connectivity index (χ3v) is 5.46. The number of hydrogen-bond acceptors (Lipinski definition) is 5. The molecule has 1 aromatic carbocycles. The summed E-state index contributed by atoms with van der Waals surface area (Å²) in [5.74, 6) is 1.17. The molecular formula is C20H26ClN5O2. The lowest BCUT2D eigenvalue weighted by atomic mass is 10.1. The van der Waals surface area contributed by atoms with Gasteiger partial charge in [0, 0.05) is 44.0 Å². The average Bonchev–Trinajstić information content (AvgIpc) is 2.74. The first-order chi connectivity index (χ1) is 13.5. The van der Waals surface area contributed by atoms with Crippen LogP contribution in [-0.4, -0.2) is 54.2 Å². The van der Waals surface area contributed by atoms with Crippen molar-refractivity contribution in [3.8, 4) is 5.88 Å². The number of piperidine rings is 1. The van der Waals surface area contributed by atoms with Crippen LogP contribution in [0.4, 0.5) is 10.7 Å². The zero-order valence-electron chi connectivity index (χ0n) is 16.5. The minimum Gasteiger partial charge on any atom is -0.481 e. The molecular weight excluding hydrogens is 378 g/mol. The predicted octanol–water partition coefficient (Wildman–Crippen LogP) is 3.26. The molecule has 1 aliphatic rings. The van der Waals surface area contributed by atoms with Gasteiger partial charge in [-0.15, -0.1) is 0 Å². The van der Waals surface area contributed by atoms with Crippen LogP contribution in [0.3, 0.4) is 0 Å². The Bertz CT molecular complexity index is 832. The van der Waals surface area contributed by atoms with Crippen LogP contribution in [0.5, 0.6) is 5.88 Å². The second-order valence-electron chi connectivity index (χ2n) is 6.99. The third kappa shape index (κ3) is 4.84. The number of hydrogen-bond donors (Lipinski definition) is 1. The maximum absolute atomic E-state index is 12.6. The highest BCUT2D eigenvalue weighted by Crippen LogP contribution is 2.21. The summed E-state index contributed by atoms with van der Waals surface area (Å²) in [6, 6.07) is 7.50. The molecule has 0 unspecified atom stereocenters. The highest BCUT2D eigenvalue weighted by atomic mass is 35.5. The SMILES string of the molecule is COc1ccnc(N2CCC[C@@H](N(C)C(=O)NCc3ccc(Cl)c(C)c3)C2)n1. The Kier molecular flexibility index (Phi) is 6.57. The van der Waals surface area contributed by atoms with E-state index in [0.29, 0.717) is 24.9 Å². The van der Waals surface area contributed by atoms with Gasteiger partial charge < -0.3 is 19.9 Å². The predicted molar refractivity (Wildman–Crippen MR) is 110 cm³/mol. The number of ether oxygens (including phenoxy) is 1. The number of nitrogens with zero attached hydrogens (tertiary/aromatic N) is 4. The lowest BCUT2D eigenvalue weighted by molar-refractivity contribution is 0.182. The Balaban J connectivity index is 1.58. The molecule has 0 radical (unpaired) electrons. The van der Waals surface area contributed by atoms with E-state index in [2.05, 4.69) is 20.2 Å². The van der Waals surface area contributed by atoms with Crippen molar-refractivity contribution in [1.82, 2.24) is 20.2 Å². The monoisotopic (exact) mass is 403 g/mol. The molecule has 150 valence electrons. The van der Waals surface area contributed by atoms with Crippen molar-refractivity contribution in [2.45, 2.75) is 32.4 Å². The van der Waals surface area contributed by atoms with Crippen molar-refractivity contribution in [3.63, 3.8) is 0 Å². The van der Waals surface area contributed by atoms with Crippen molar-refractivity contribution in [1.29, 1.82) is 0 Å². The number of nitrogens with one attached hydrogen (secondary N) is 1. The Morgan fingerprint density at radius 1 is 1.43 bits per heavy atom. The van der Waals surface area contributed by atoms with E-state index in [4.69, 9.17) is 16.3 Å². The first-order valence-electron chi connectivity index (χ1n) is 9.35. The molecule has 28 heavy (non-hydrogen) atoms. The summed E-state index contributed by atoms with van der Waals surface area (Å²) in [7, 11) is 3.43. The van der Waals surface area contributed by atoms with E-state index in [1.807, 2.05) is 32.2 Å². The highest BCUT2D eigenvalue weighted by Gasteiger charge is 2.27. The lowest BCUT2D eigenvalue weighted by Gasteiger charge is -2.37. The van der Waals surface area contributed by atoms with Gasteiger partial charge in [0.1, 0.15) is 0 Å². The van der Waals surface area contributed by atoms with Gasteiger partial charge in [0.15, 0.2) is 0 Å². The van der Waals surface area contributed by atoms with Crippen LogP contribution >= 0.6 is 11.6 Å². The molecule has 0 saturated carbocycles. The smallest absolute Gasteiger partial charge is 0.317 e. The molecule has 1 aromatic heterocycles. The van der Waals surface area contributed by atoms with Gasteiger partial charge in [0.25, 0.3) is 0 Å². The number of amides is 2. The standard InChI is InChI=1S/C20H26ClN5O2/c1-14-11-15(6-7-17(14)21)12-23-20(27)25(2)16-5-4-10-26(13-16)19-22-9-8-18(24-19)28-3/h6-9,11,16H,4-5,10,12-13H2,1-3H3,(H,23,27)/t16-/m1/s1. The number of aromatic nitrogens is 2. The summed E-state index contributed by atoms with van der Waals surface area (Å²) >= 11 is 6.06.